The zero-order chi connectivity index (χ0) is 21.3. The SMILES string of the molecule is COc1ncccc1NC(=O)c1nc([C@@H]2CCCN2C(=O)N(C)C)n2ccccc12. The zero-order valence-electron chi connectivity index (χ0n) is 17.2. The van der Waals surface area contributed by atoms with Gasteiger partial charge in [0.05, 0.1) is 18.7 Å². The van der Waals surface area contributed by atoms with E-state index in [4.69, 9.17) is 9.72 Å². The highest BCUT2D eigenvalue weighted by Crippen LogP contribution is 2.33. The number of nitrogens with one attached hydrogen (secondary N) is 1. The molecule has 3 aromatic rings. The number of hydrogen-bond donors (Lipinski definition) is 1. The molecule has 3 aromatic heterocycles. The van der Waals surface area contributed by atoms with E-state index in [0.29, 0.717) is 35.1 Å². The number of likely N-dealkylation sites (tertiary alicyclic amines) is 1. The van der Waals surface area contributed by atoms with Crippen LogP contribution in [0.2, 0.25) is 0 Å². The maximum absolute atomic E-state index is 13.1. The Bertz CT molecular complexity index is 1090. The van der Waals surface area contributed by atoms with Gasteiger partial charge in [0, 0.05) is 33.0 Å². The van der Waals surface area contributed by atoms with E-state index < -0.39 is 0 Å². The number of carbonyl (C=O) groups is 2. The molecule has 9 nitrogen and oxygen atoms in total. The summed E-state index contributed by atoms with van der Waals surface area (Å²) >= 11 is 0. The van der Waals surface area contributed by atoms with E-state index in [0.717, 1.165) is 12.8 Å². The molecule has 3 amide bonds. The fraction of sp³-hybridized carbons (Fsp3) is 0.333. The van der Waals surface area contributed by atoms with Gasteiger partial charge in [-0.2, -0.15) is 0 Å². The molecule has 0 aliphatic carbocycles. The molecule has 1 saturated heterocycles. The van der Waals surface area contributed by atoms with Crippen LogP contribution < -0.4 is 10.1 Å². The van der Waals surface area contributed by atoms with Crippen molar-refractivity contribution in [1.82, 2.24) is 24.2 Å². The van der Waals surface area contributed by atoms with E-state index in [1.165, 1.54) is 7.11 Å². The van der Waals surface area contributed by atoms with Crippen LogP contribution in [0.3, 0.4) is 0 Å². The Hall–Kier alpha value is -3.62. The van der Waals surface area contributed by atoms with Crippen LogP contribution in [0.5, 0.6) is 5.88 Å². The van der Waals surface area contributed by atoms with Gasteiger partial charge in [-0.15, -0.1) is 0 Å². The molecule has 0 saturated carbocycles. The summed E-state index contributed by atoms with van der Waals surface area (Å²) in [5.74, 6) is 0.648. The standard InChI is InChI=1S/C21H24N6O3/c1-25(2)21(29)27-13-7-10-16(27)18-24-17(15-9-4-5-12-26(15)18)19(28)23-14-8-6-11-22-20(14)30-3/h4-6,8-9,11-12,16H,7,10,13H2,1-3H3,(H,23,28)/t16-/m0/s1. The average molecular weight is 408 g/mol. The third-order valence-corrected chi connectivity index (χ3v) is 5.18. The first-order valence-corrected chi connectivity index (χ1v) is 9.76. The number of nitrogens with zero attached hydrogens (tertiary/aromatic N) is 5. The molecule has 0 radical (unpaired) electrons. The van der Waals surface area contributed by atoms with Gasteiger partial charge in [0.1, 0.15) is 11.5 Å². The van der Waals surface area contributed by atoms with Gasteiger partial charge < -0.3 is 24.3 Å². The van der Waals surface area contributed by atoms with E-state index in [1.807, 2.05) is 33.7 Å². The van der Waals surface area contributed by atoms with Crippen molar-refractivity contribution in [2.45, 2.75) is 18.9 Å². The van der Waals surface area contributed by atoms with E-state index in [1.54, 1.807) is 37.3 Å². The molecule has 0 spiro atoms. The zero-order valence-corrected chi connectivity index (χ0v) is 17.2. The van der Waals surface area contributed by atoms with E-state index in [9.17, 15) is 9.59 Å². The van der Waals surface area contributed by atoms with Crippen LogP contribution >= 0.6 is 0 Å². The van der Waals surface area contributed by atoms with Crippen molar-refractivity contribution in [3.63, 3.8) is 0 Å². The molecule has 30 heavy (non-hydrogen) atoms. The first-order valence-electron chi connectivity index (χ1n) is 9.76. The van der Waals surface area contributed by atoms with Gasteiger partial charge in [-0.1, -0.05) is 6.07 Å². The van der Waals surface area contributed by atoms with Crippen LogP contribution in [0.25, 0.3) is 5.52 Å². The largest absolute Gasteiger partial charge is 0.480 e. The summed E-state index contributed by atoms with van der Waals surface area (Å²) < 4.78 is 7.11. The van der Waals surface area contributed by atoms with Gasteiger partial charge in [0.25, 0.3) is 5.91 Å². The lowest BCUT2D eigenvalue weighted by atomic mass is 10.2. The summed E-state index contributed by atoms with van der Waals surface area (Å²) in [4.78, 5) is 37.9. The van der Waals surface area contributed by atoms with Gasteiger partial charge in [-0.25, -0.2) is 14.8 Å². The molecular formula is C21H24N6O3. The van der Waals surface area contributed by atoms with Crippen molar-refractivity contribution in [3.8, 4) is 5.88 Å². The maximum Gasteiger partial charge on any atom is 0.320 e. The van der Waals surface area contributed by atoms with Crippen molar-refractivity contribution >= 4 is 23.1 Å². The number of pyridine rings is 2. The van der Waals surface area contributed by atoms with Crippen molar-refractivity contribution in [3.05, 3.63) is 54.2 Å². The van der Waals surface area contributed by atoms with E-state index in [-0.39, 0.29) is 18.0 Å². The molecule has 156 valence electrons. The number of imidazole rings is 1. The molecule has 9 heteroatoms. The predicted octanol–water partition coefficient (Wildman–Crippen LogP) is 2.81. The highest BCUT2D eigenvalue weighted by Gasteiger charge is 2.35. The Morgan fingerprint density at radius 2 is 2.07 bits per heavy atom. The summed E-state index contributed by atoms with van der Waals surface area (Å²) in [6.07, 6.45) is 5.15. The number of anilines is 1. The quantitative estimate of drug-likeness (QED) is 0.717. The van der Waals surface area contributed by atoms with E-state index in [2.05, 4.69) is 10.3 Å². The van der Waals surface area contributed by atoms with Crippen molar-refractivity contribution in [1.29, 1.82) is 0 Å². The minimum atomic E-state index is -0.361. The molecule has 1 aliphatic rings. The smallest absolute Gasteiger partial charge is 0.320 e. The third-order valence-electron chi connectivity index (χ3n) is 5.18. The molecule has 1 fully saturated rings. The number of carbonyl (C=O) groups excluding carboxylic acids is 2. The lowest BCUT2D eigenvalue weighted by Gasteiger charge is -2.27. The van der Waals surface area contributed by atoms with Crippen LogP contribution in [0.4, 0.5) is 10.5 Å². The first-order chi connectivity index (χ1) is 14.5. The number of fused-ring (bicyclic) bond motifs is 1. The molecule has 1 atom stereocenters. The van der Waals surface area contributed by atoms with Crippen molar-refractivity contribution in [2.24, 2.45) is 0 Å². The maximum atomic E-state index is 13.1. The van der Waals surface area contributed by atoms with Gasteiger partial charge in [0.2, 0.25) is 5.88 Å². The Kier molecular flexibility index (Phi) is 5.26. The van der Waals surface area contributed by atoms with E-state index >= 15 is 0 Å². The topological polar surface area (TPSA) is 92.1 Å². The second kappa shape index (κ2) is 8.02. The number of rotatable bonds is 4. The fourth-order valence-corrected chi connectivity index (χ4v) is 3.81. The number of aromatic nitrogens is 3. The van der Waals surface area contributed by atoms with Crippen LogP contribution in [0, 0.1) is 0 Å². The molecule has 1 N–H and O–H groups in total. The van der Waals surface area contributed by atoms with Crippen LogP contribution in [0.15, 0.2) is 42.7 Å². The molecule has 0 bridgehead atoms. The second-order valence-electron chi connectivity index (χ2n) is 7.32. The Morgan fingerprint density at radius 3 is 2.83 bits per heavy atom. The predicted molar refractivity (Wildman–Crippen MR) is 112 cm³/mol. The molecular weight excluding hydrogens is 384 g/mol. The Labute approximate surface area is 174 Å². The van der Waals surface area contributed by atoms with Crippen LogP contribution in [-0.4, -0.2) is 63.9 Å². The van der Waals surface area contributed by atoms with Crippen molar-refractivity contribution < 1.29 is 14.3 Å². The summed E-state index contributed by atoms with van der Waals surface area (Å²) in [5, 5.41) is 2.83. The molecule has 0 unspecified atom stereocenters. The number of ether oxygens (including phenoxy) is 1. The molecule has 0 aromatic carbocycles. The monoisotopic (exact) mass is 408 g/mol. The van der Waals surface area contributed by atoms with Crippen molar-refractivity contribution in [2.75, 3.05) is 33.1 Å². The summed E-state index contributed by atoms with van der Waals surface area (Å²) in [7, 11) is 4.97. The normalized spacial score (nSPS) is 16.0. The lowest BCUT2D eigenvalue weighted by molar-refractivity contribution is 0.102. The van der Waals surface area contributed by atoms with Gasteiger partial charge >= 0.3 is 6.03 Å². The molecule has 4 heterocycles. The van der Waals surface area contributed by atoms with Crippen LogP contribution in [0.1, 0.15) is 35.2 Å². The fourth-order valence-electron chi connectivity index (χ4n) is 3.81. The van der Waals surface area contributed by atoms with Gasteiger partial charge in [0.15, 0.2) is 5.69 Å². The molecule has 4 rings (SSSR count). The highest BCUT2D eigenvalue weighted by atomic mass is 16.5. The third kappa shape index (κ3) is 3.42. The number of methoxy groups -OCH3 is 1. The minimum Gasteiger partial charge on any atom is -0.480 e. The van der Waals surface area contributed by atoms with Gasteiger partial charge in [-0.3, -0.25) is 4.79 Å². The van der Waals surface area contributed by atoms with Gasteiger partial charge in [-0.05, 0) is 37.1 Å². The minimum absolute atomic E-state index is 0.0590. The van der Waals surface area contributed by atoms with Crippen LogP contribution in [-0.2, 0) is 0 Å². The number of urea groups is 1. The number of hydrogen-bond acceptors (Lipinski definition) is 5. The Balaban J connectivity index is 1.72. The summed E-state index contributed by atoms with van der Waals surface area (Å²) in [6.45, 7) is 0.665. The summed E-state index contributed by atoms with van der Waals surface area (Å²) in [6, 6.07) is 8.78. The second-order valence-corrected chi connectivity index (χ2v) is 7.32. The first kappa shape index (κ1) is 19.7. The number of amides is 3. The molecule has 1 aliphatic heterocycles. The highest BCUT2D eigenvalue weighted by molar-refractivity contribution is 6.08. The Morgan fingerprint density at radius 1 is 1.23 bits per heavy atom. The lowest BCUT2D eigenvalue weighted by Crippen LogP contribution is -2.39. The average Bonchev–Trinajstić information content (AvgIpc) is 3.38. The summed E-state index contributed by atoms with van der Waals surface area (Å²) in [5.41, 5.74) is 1.44.